The molecule has 5 heteroatoms. The topological polar surface area (TPSA) is 58.4 Å². The largest absolute Gasteiger partial charge is 0.399 e. The Hall–Kier alpha value is -2.20. The first kappa shape index (κ1) is 17.6. The van der Waals surface area contributed by atoms with Crippen molar-refractivity contribution in [2.45, 2.75) is 39.2 Å². The van der Waals surface area contributed by atoms with Crippen molar-refractivity contribution in [1.29, 1.82) is 0 Å². The fourth-order valence-corrected chi connectivity index (χ4v) is 3.47. The van der Waals surface area contributed by atoms with E-state index in [-0.39, 0.29) is 5.91 Å². The molecule has 25 heavy (non-hydrogen) atoms. The number of anilines is 3. The Morgan fingerprint density at radius 2 is 2.04 bits per heavy atom. The van der Waals surface area contributed by atoms with Gasteiger partial charge in [0.25, 0.3) is 5.91 Å². The zero-order valence-corrected chi connectivity index (χ0v) is 15.4. The second kappa shape index (κ2) is 7.36. The molecule has 1 heterocycles. The standard InChI is InChI=1S/C20H24ClN3O/c1-13-6-7-15(11-17(13)21)20(25)23-18-12-16(22)8-9-19(18)24-10-4-3-5-14(24)2/h6-9,11-12,14H,3-5,10,22H2,1-2H3,(H,23,25)/t14-/m0/s1. The summed E-state index contributed by atoms with van der Waals surface area (Å²) in [6.07, 6.45) is 3.57. The lowest BCUT2D eigenvalue weighted by molar-refractivity contribution is 0.102. The molecular weight excluding hydrogens is 334 g/mol. The summed E-state index contributed by atoms with van der Waals surface area (Å²) in [6.45, 7) is 5.13. The van der Waals surface area contributed by atoms with E-state index in [0.717, 1.165) is 36.3 Å². The average Bonchev–Trinajstić information content (AvgIpc) is 2.58. The third kappa shape index (κ3) is 3.90. The number of nitrogens with two attached hydrogens (primary N) is 1. The molecule has 0 saturated carbocycles. The Morgan fingerprint density at radius 3 is 2.76 bits per heavy atom. The lowest BCUT2D eigenvalue weighted by Crippen LogP contribution is -2.38. The lowest BCUT2D eigenvalue weighted by Gasteiger charge is -2.36. The lowest BCUT2D eigenvalue weighted by atomic mass is 10.0. The minimum Gasteiger partial charge on any atom is -0.399 e. The highest BCUT2D eigenvalue weighted by Crippen LogP contribution is 2.33. The monoisotopic (exact) mass is 357 g/mol. The summed E-state index contributed by atoms with van der Waals surface area (Å²) >= 11 is 6.15. The van der Waals surface area contributed by atoms with E-state index in [1.807, 2.05) is 31.2 Å². The van der Waals surface area contributed by atoms with Gasteiger partial charge in [-0.05, 0) is 69.0 Å². The van der Waals surface area contributed by atoms with Gasteiger partial charge in [0.1, 0.15) is 0 Å². The van der Waals surface area contributed by atoms with E-state index in [0.29, 0.717) is 22.3 Å². The molecule has 1 atom stereocenters. The molecule has 0 bridgehead atoms. The molecule has 4 nitrogen and oxygen atoms in total. The van der Waals surface area contributed by atoms with E-state index in [1.165, 1.54) is 6.42 Å². The van der Waals surface area contributed by atoms with Crippen LogP contribution in [0.1, 0.15) is 42.1 Å². The van der Waals surface area contributed by atoms with Gasteiger partial charge in [0, 0.05) is 28.9 Å². The molecular formula is C20H24ClN3O. The van der Waals surface area contributed by atoms with Crippen molar-refractivity contribution in [1.82, 2.24) is 0 Å². The quantitative estimate of drug-likeness (QED) is 0.771. The van der Waals surface area contributed by atoms with Crippen molar-refractivity contribution in [2.75, 3.05) is 22.5 Å². The fraction of sp³-hybridized carbons (Fsp3) is 0.350. The van der Waals surface area contributed by atoms with Gasteiger partial charge < -0.3 is 16.0 Å². The molecule has 1 amide bonds. The fourth-order valence-electron chi connectivity index (χ4n) is 3.29. The van der Waals surface area contributed by atoms with Gasteiger partial charge in [-0.15, -0.1) is 0 Å². The summed E-state index contributed by atoms with van der Waals surface area (Å²) in [6, 6.07) is 11.5. The van der Waals surface area contributed by atoms with Crippen molar-refractivity contribution in [3.05, 3.63) is 52.5 Å². The van der Waals surface area contributed by atoms with Crippen LogP contribution in [0.15, 0.2) is 36.4 Å². The zero-order valence-electron chi connectivity index (χ0n) is 14.7. The van der Waals surface area contributed by atoms with Crippen LogP contribution in [0.4, 0.5) is 17.1 Å². The van der Waals surface area contributed by atoms with Crippen LogP contribution in [-0.2, 0) is 0 Å². The number of benzene rings is 2. The van der Waals surface area contributed by atoms with Crippen LogP contribution >= 0.6 is 11.6 Å². The van der Waals surface area contributed by atoms with Crippen molar-refractivity contribution in [3.63, 3.8) is 0 Å². The Morgan fingerprint density at radius 1 is 1.24 bits per heavy atom. The maximum absolute atomic E-state index is 12.7. The van der Waals surface area contributed by atoms with E-state index in [2.05, 4.69) is 17.1 Å². The minimum absolute atomic E-state index is 0.182. The van der Waals surface area contributed by atoms with Gasteiger partial charge in [0.15, 0.2) is 0 Å². The van der Waals surface area contributed by atoms with Crippen molar-refractivity contribution in [2.24, 2.45) is 0 Å². The van der Waals surface area contributed by atoms with Gasteiger partial charge in [-0.1, -0.05) is 17.7 Å². The number of hydrogen-bond donors (Lipinski definition) is 2. The first-order valence-corrected chi connectivity index (χ1v) is 9.07. The molecule has 2 aromatic carbocycles. The van der Waals surface area contributed by atoms with E-state index >= 15 is 0 Å². The normalized spacial score (nSPS) is 17.4. The third-order valence-electron chi connectivity index (χ3n) is 4.82. The first-order chi connectivity index (χ1) is 12.0. The molecule has 0 radical (unpaired) electrons. The number of nitrogens with zero attached hydrogens (tertiary/aromatic N) is 1. The number of carbonyl (C=O) groups excluding carboxylic acids is 1. The van der Waals surface area contributed by atoms with Crippen LogP contribution in [0.2, 0.25) is 5.02 Å². The average molecular weight is 358 g/mol. The Kier molecular flexibility index (Phi) is 5.19. The minimum atomic E-state index is -0.182. The highest BCUT2D eigenvalue weighted by molar-refractivity contribution is 6.31. The van der Waals surface area contributed by atoms with Crippen LogP contribution in [0, 0.1) is 6.92 Å². The second-order valence-electron chi connectivity index (χ2n) is 6.73. The Labute approximate surface area is 154 Å². The SMILES string of the molecule is Cc1ccc(C(=O)Nc2cc(N)ccc2N2CCCC[C@@H]2C)cc1Cl. The first-order valence-electron chi connectivity index (χ1n) is 8.69. The van der Waals surface area contributed by atoms with Crippen molar-refractivity contribution >= 4 is 34.6 Å². The number of amides is 1. The van der Waals surface area contributed by atoms with E-state index < -0.39 is 0 Å². The summed E-state index contributed by atoms with van der Waals surface area (Å²) in [5, 5.41) is 3.60. The summed E-state index contributed by atoms with van der Waals surface area (Å²) < 4.78 is 0. The van der Waals surface area contributed by atoms with Gasteiger partial charge in [-0.3, -0.25) is 4.79 Å². The number of hydrogen-bond acceptors (Lipinski definition) is 3. The highest BCUT2D eigenvalue weighted by atomic mass is 35.5. The van der Waals surface area contributed by atoms with Gasteiger partial charge in [0.05, 0.1) is 11.4 Å². The zero-order chi connectivity index (χ0) is 18.0. The van der Waals surface area contributed by atoms with E-state index in [1.54, 1.807) is 12.1 Å². The maximum Gasteiger partial charge on any atom is 0.255 e. The number of nitrogens with one attached hydrogen (secondary N) is 1. The van der Waals surface area contributed by atoms with Crippen molar-refractivity contribution < 1.29 is 4.79 Å². The van der Waals surface area contributed by atoms with E-state index in [4.69, 9.17) is 17.3 Å². The molecule has 0 aromatic heterocycles. The smallest absolute Gasteiger partial charge is 0.255 e. The van der Waals surface area contributed by atoms with Crippen LogP contribution < -0.4 is 16.0 Å². The van der Waals surface area contributed by atoms with Crippen LogP contribution in [-0.4, -0.2) is 18.5 Å². The van der Waals surface area contributed by atoms with Crippen LogP contribution in [0.3, 0.4) is 0 Å². The third-order valence-corrected chi connectivity index (χ3v) is 5.22. The summed E-state index contributed by atoms with van der Waals surface area (Å²) in [5.41, 5.74) is 9.84. The number of carbonyl (C=O) groups is 1. The van der Waals surface area contributed by atoms with Crippen LogP contribution in [0.5, 0.6) is 0 Å². The predicted molar refractivity (Wildman–Crippen MR) is 106 cm³/mol. The van der Waals surface area contributed by atoms with Gasteiger partial charge >= 0.3 is 0 Å². The molecule has 3 N–H and O–H groups in total. The number of aryl methyl sites for hydroxylation is 1. The highest BCUT2D eigenvalue weighted by Gasteiger charge is 2.22. The summed E-state index contributed by atoms with van der Waals surface area (Å²) in [7, 11) is 0. The van der Waals surface area contributed by atoms with E-state index in [9.17, 15) is 4.79 Å². The molecule has 1 aliphatic rings. The molecule has 1 fully saturated rings. The summed E-state index contributed by atoms with van der Waals surface area (Å²) in [4.78, 5) is 15.0. The van der Waals surface area contributed by atoms with Gasteiger partial charge in [-0.25, -0.2) is 0 Å². The molecule has 0 aliphatic carbocycles. The number of piperidine rings is 1. The molecule has 2 aromatic rings. The number of nitrogen functional groups attached to an aromatic ring is 1. The molecule has 0 unspecified atom stereocenters. The predicted octanol–water partition coefficient (Wildman–Crippen LogP) is 4.86. The van der Waals surface area contributed by atoms with Gasteiger partial charge in [0.2, 0.25) is 0 Å². The maximum atomic E-state index is 12.7. The molecule has 132 valence electrons. The number of rotatable bonds is 3. The second-order valence-corrected chi connectivity index (χ2v) is 7.14. The summed E-state index contributed by atoms with van der Waals surface area (Å²) in [5.74, 6) is -0.182. The Balaban J connectivity index is 1.89. The van der Waals surface area contributed by atoms with Gasteiger partial charge in [-0.2, -0.15) is 0 Å². The molecule has 1 aliphatic heterocycles. The van der Waals surface area contributed by atoms with Crippen molar-refractivity contribution in [3.8, 4) is 0 Å². The molecule has 1 saturated heterocycles. The molecule has 3 rings (SSSR count). The van der Waals surface area contributed by atoms with Crippen LogP contribution in [0.25, 0.3) is 0 Å². The molecule has 0 spiro atoms. The number of halogens is 1. The Bertz CT molecular complexity index is 791.